The van der Waals surface area contributed by atoms with E-state index >= 15 is 0 Å². The van der Waals surface area contributed by atoms with Crippen LogP contribution >= 0.6 is 0 Å². The number of benzene rings is 3. The van der Waals surface area contributed by atoms with Crippen molar-refractivity contribution in [3.05, 3.63) is 102 Å². The lowest BCUT2D eigenvalue weighted by Gasteiger charge is -2.44. The lowest BCUT2D eigenvalue weighted by Crippen LogP contribution is -2.44. The third-order valence-electron chi connectivity index (χ3n) is 4.85. The standard InChI is InChI=1S/C23H23NO/c1-2-11-22-24-21-17-10-9-16-20(21)23(25-22,18-12-5-3-6-13-18)19-14-7-4-8-15-19/h3-10,12-17,22,24H,2,11H2,1H3. The molecule has 1 atom stereocenters. The summed E-state index contributed by atoms with van der Waals surface area (Å²) >= 11 is 0. The highest BCUT2D eigenvalue weighted by Crippen LogP contribution is 2.47. The summed E-state index contributed by atoms with van der Waals surface area (Å²) in [6.45, 7) is 2.19. The average molecular weight is 329 g/mol. The van der Waals surface area contributed by atoms with Gasteiger partial charge in [-0.1, -0.05) is 92.2 Å². The van der Waals surface area contributed by atoms with Crippen molar-refractivity contribution in [2.45, 2.75) is 31.6 Å². The lowest BCUT2D eigenvalue weighted by atomic mass is 9.78. The van der Waals surface area contributed by atoms with Crippen molar-refractivity contribution in [2.24, 2.45) is 0 Å². The monoisotopic (exact) mass is 329 g/mol. The molecule has 0 saturated heterocycles. The minimum atomic E-state index is -0.593. The smallest absolute Gasteiger partial charge is 0.148 e. The molecule has 1 aliphatic heterocycles. The Morgan fingerprint density at radius 3 is 1.96 bits per heavy atom. The Balaban J connectivity index is 1.99. The molecular weight excluding hydrogens is 306 g/mol. The summed E-state index contributed by atoms with van der Waals surface area (Å²) in [5.74, 6) is 0. The lowest BCUT2D eigenvalue weighted by molar-refractivity contribution is -0.0448. The number of para-hydroxylation sites is 1. The van der Waals surface area contributed by atoms with Gasteiger partial charge in [0.25, 0.3) is 0 Å². The van der Waals surface area contributed by atoms with E-state index in [4.69, 9.17) is 4.74 Å². The average Bonchev–Trinajstić information content (AvgIpc) is 2.69. The van der Waals surface area contributed by atoms with Crippen LogP contribution in [-0.4, -0.2) is 6.23 Å². The second-order valence-electron chi connectivity index (χ2n) is 6.50. The van der Waals surface area contributed by atoms with Gasteiger partial charge in [-0.25, -0.2) is 0 Å². The Morgan fingerprint density at radius 1 is 0.800 bits per heavy atom. The van der Waals surface area contributed by atoms with Gasteiger partial charge in [0, 0.05) is 11.3 Å². The van der Waals surface area contributed by atoms with E-state index in [1.54, 1.807) is 0 Å². The van der Waals surface area contributed by atoms with Crippen LogP contribution < -0.4 is 5.32 Å². The molecule has 1 unspecified atom stereocenters. The summed E-state index contributed by atoms with van der Waals surface area (Å²) in [4.78, 5) is 0. The van der Waals surface area contributed by atoms with Gasteiger partial charge >= 0.3 is 0 Å². The van der Waals surface area contributed by atoms with Crippen LogP contribution in [0.5, 0.6) is 0 Å². The Hall–Kier alpha value is -2.58. The van der Waals surface area contributed by atoms with E-state index in [-0.39, 0.29) is 6.23 Å². The fourth-order valence-electron chi connectivity index (χ4n) is 3.75. The second kappa shape index (κ2) is 6.73. The normalized spacial score (nSPS) is 18.2. The first-order chi connectivity index (χ1) is 12.3. The number of anilines is 1. The maximum Gasteiger partial charge on any atom is 0.148 e. The van der Waals surface area contributed by atoms with Crippen LogP contribution in [-0.2, 0) is 10.3 Å². The summed E-state index contributed by atoms with van der Waals surface area (Å²) < 4.78 is 6.80. The quantitative estimate of drug-likeness (QED) is 0.678. The maximum atomic E-state index is 6.80. The summed E-state index contributed by atoms with van der Waals surface area (Å²) in [7, 11) is 0. The molecule has 1 heterocycles. The molecule has 0 fully saturated rings. The van der Waals surface area contributed by atoms with Gasteiger partial charge in [-0.05, 0) is 23.6 Å². The van der Waals surface area contributed by atoms with Gasteiger partial charge in [-0.15, -0.1) is 0 Å². The Labute approximate surface area is 149 Å². The SMILES string of the molecule is CCCC1Nc2ccccc2C(c2ccccc2)(c2ccccc2)O1. The molecule has 25 heavy (non-hydrogen) atoms. The van der Waals surface area contributed by atoms with Crippen LogP contribution in [0.15, 0.2) is 84.9 Å². The van der Waals surface area contributed by atoms with E-state index in [0.717, 1.165) is 29.7 Å². The van der Waals surface area contributed by atoms with Gasteiger partial charge in [0.2, 0.25) is 0 Å². The topological polar surface area (TPSA) is 21.3 Å². The molecule has 3 aromatic carbocycles. The zero-order valence-corrected chi connectivity index (χ0v) is 14.5. The first-order valence-corrected chi connectivity index (χ1v) is 8.99. The molecule has 4 rings (SSSR count). The van der Waals surface area contributed by atoms with Gasteiger partial charge in [0.1, 0.15) is 11.8 Å². The molecule has 1 aliphatic rings. The molecule has 0 saturated carbocycles. The highest BCUT2D eigenvalue weighted by molar-refractivity contribution is 5.63. The second-order valence-corrected chi connectivity index (χ2v) is 6.50. The number of fused-ring (bicyclic) bond motifs is 1. The van der Waals surface area contributed by atoms with Crippen LogP contribution in [0.2, 0.25) is 0 Å². The zero-order chi connectivity index (χ0) is 17.1. The molecule has 3 aromatic rings. The van der Waals surface area contributed by atoms with Crippen molar-refractivity contribution in [3.63, 3.8) is 0 Å². The van der Waals surface area contributed by atoms with E-state index in [0.29, 0.717) is 0 Å². The van der Waals surface area contributed by atoms with Crippen LogP contribution in [0, 0.1) is 0 Å². The van der Waals surface area contributed by atoms with Gasteiger partial charge in [0.05, 0.1) is 0 Å². The molecule has 1 N–H and O–H groups in total. The highest BCUT2D eigenvalue weighted by atomic mass is 16.5. The zero-order valence-electron chi connectivity index (χ0n) is 14.5. The largest absolute Gasteiger partial charge is 0.360 e. The van der Waals surface area contributed by atoms with Gasteiger partial charge in [-0.2, -0.15) is 0 Å². The van der Waals surface area contributed by atoms with Crippen molar-refractivity contribution in [2.75, 3.05) is 5.32 Å². The van der Waals surface area contributed by atoms with E-state index in [1.165, 1.54) is 5.56 Å². The summed E-state index contributed by atoms with van der Waals surface area (Å²) in [6.07, 6.45) is 2.02. The molecule has 0 aromatic heterocycles. The molecule has 0 bridgehead atoms. The molecule has 2 nitrogen and oxygen atoms in total. The first kappa shape index (κ1) is 15.9. The summed E-state index contributed by atoms with van der Waals surface area (Å²) in [6, 6.07) is 29.6. The van der Waals surface area contributed by atoms with Crippen molar-refractivity contribution in [1.82, 2.24) is 0 Å². The van der Waals surface area contributed by atoms with Crippen molar-refractivity contribution < 1.29 is 4.74 Å². The van der Waals surface area contributed by atoms with Crippen LogP contribution in [0.1, 0.15) is 36.5 Å². The Morgan fingerprint density at radius 2 is 1.36 bits per heavy atom. The number of hydrogen-bond acceptors (Lipinski definition) is 2. The number of ether oxygens (including phenoxy) is 1. The van der Waals surface area contributed by atoms with Crippen molar-refractivity contribution in [1.29, 1.82) is 0 Å². The Kier molecular flexibility index (Phi) is 4.29. The first-order valence-electron chi connectivity index (χ1n) is 8.99. The van der Waals surface area contributed by atoms with Gasteiger partial charge in [-0.3, -0.25) is 0 Å². The number of hydrogen-bond donors (Lipinski definition) is 1. The van der Waals surface area contributed by atoms with Crippen molar-refractivity contribution in [3.8, 4) is 0 Å². The maximum absolute atomic E-state index is 6.80. The summed E-state index contributed by atoms with van der Waals surface area (Å²) in [5, 5.41) is 3.57. The third-order valence-corrected chi connectivity index (χ3v) is 4.85. The fourth-order valence-corrected chi connectivity index (χ4v) is 3.75. The van der Waals surface area contributed by atoms with E-state index in [9.17, 15) is 0 Å². The van der Waals surface area contributed by atoms with Gasteiger partial charge in [0.15, 0.2) is 0 Å². The Bertz CT molecular complexity index is 789. The molecule has 0 aliphatic carbocycles. The molecule has 126 valence electrons. The molecule has 0 spiro atoms. The number of nitrogens with one attached hydrogen (secondary N) is 1. The third kappa shape index (κ3) is 2.73. The predicted molar refractivity (Wildman–Crippen MR) is 103 cm³/mol. The summed E-state index contributed by atoms with van der Waals surface area (Å²) in [5.41, 5.74) is 4.05. The molecule has 2 heteroatoms. The van der Waals surface area contributed by atoms with Crippen LogP contribution in [0.25, 0.3) is 0 Å². The molecular formula is C23H23NO. The van der Waals surface area contributed by atoms with Crippen LogP contribution in [0.3, 0.4) is 0 Å². The molecule has 0 amide bonds. The highest BCUT2D eigenvalue weighted by Gasteiger charge is 2.44. The van der Waals surface area contributed by atoms with Crippen molar-refractivity contribution >= 4 is 5.69 Å². The molecule has 0 radical (unpaired) electrons. The van der Waals surface area contributed by atoms with Gasteiger partial charge < -0.3 is 10.1 Å². The number of rotatable bonds is 4. The minimum Gasteiger partial charge on any atom is -0.360 e. The minimum absolute atomic E-state index is 0.0136. The van der Waals surface area contributed by atoms with Crippen LogP contribution in [0.4, 0.5) is 5.69 Å². The van der Waals surface area contributed by atoms with E-state index < -0.39 is 5.60 Å². The van der Waals surface area contributed by atoms with E-state index in [2.05, 4.69) is 97.2 Å². The predicted octanol–water partition coefficient (Wildman–Crippen LogP) is 5.55. The van der Waals surface area contributed by atoms with E-state index in [1.807, 2.05) is 0 Å². The fraction of sp³-hybridized carbons (Fsp3) is 0.217.